The minimum atomic E-state index is -1.19. The SMILES string of the molecule is O=S(c1ccccc1)c1ccc(-c2ccc(-c3cc4ccc5cccc6c7cccc8ccc9cccc(c(c3)c4c56)c9c87)cc2)cc1. The van der Waals surface area contributed by atoms with Crippen molar-refractivity contribution >= 4 is 75.4 Å². The van der Waals surface area contributed by atoms with E-state index in [9.17, 15) is 4.21 Å². The Balaban J connectivity index is 1.16. The molecule has 48 heavy (non-hydrogen) atoms. The summed E-state index contributed by atoms with van der Waals surface area (Å²) in [5.74, 6) is 0. The molecule has 1 nitrogen and oxygen atoms in total. The molecule has 0 aliphatic heterocycles. The molecule has 0 radical (unpaired) electrons. The average molecular weight is 629 g/mol. The van der Waals surface area contributed by atoms with Crippen molar-refractivity contribution in [2.75, 3.05) is 0 Å². The molecule has 1 unspecified atom stereocenters. The van der Waals surface area contributed by atoms with Crippen LogP contribution in [0.15, 0.2) is 180 Å². The minimum absolute atomic E-state index is 0.808. The van der Waals surface area contributed by atoms with Crippen molar-refractivity contribution < 1.29 is 4.21 Å². The average Bonchev–Trinajstić information content (AvgIpc) is 3.16. The summed E-state index contributed by atoms with van der Waals surface area (Å²) in [6.45, 7) is 0. The van der Waals surface area contributed by atoms with E-state index in [0.29, 0.717) is 0 Å². The molecule has 0 heterocycles. The van der Waals surface area contributed by atoms with E-state index in [1.54, 1.807) is 0 Å². The van der Waals surface area contributed by atoms with Gasteiger partial charge in [-0.25, -0.2) is 4.21 Å². The first-order valence-electron chi connectivity index (χ1n) is 16.3. The normalized spacial score (nSPS) is 12.6. The van der Waals surface area contributed by atoms with Gasteiger partial charge < -0.3 is 0 Å². The fourth-order valence-electron chi connectivity index (χ4n) is 7.76. The van der Waals surface area contributed by atoms with Gasteiger partial charge in [-0.2, -0.15) is 0 Å². The van der Waals surface area contributed by atoms with Gasteiger partial charge in [0.15, 0.2) is 0 Å². The predicted octanol–water partition coefficient (Wildman–Crippen LogP) is 12.5. The lowest BCUT2D eigenvalue weighted by Gasteiger charge is -2.17. The largest absolute Gasteiger partial charge is 0.249 e. The maximum atomic E-state index is 13.0. The second kappa shape index (κ2) is 10.6. The lowest BCUT2D eigenvalue weighted by Crippen LogP contribution is -1.92. The highest BCUT2D eigenvalue weighted by Crippen LogP contribution is 2.44. The summed E-state index contributed by atoms with van der Waals surface area (Å²) in [7, 11) is -1.19. The molecule has 0 saturated carbocycles. The molecule has 0 fully saturated rings. The zero-order chi connectivity index (χ0) is 31.8. The maximum absolute atomic E-state index is 13.0. The van der Waals surface area contributed by atoms with Crippen molar-refractivity contribution in [2.24, 2.45) is 0 Å². The highest BCUT2D eigenvalue weighted by molar-refractivity contribution is 7.85. The number of benzene rings is 9. The van der Waals surface area contributed by atoms with Gasteiger partial charge in [-0.3, -0.25) is 0 Å². The summed E-state index contributed by atoms with van der Waals surface area (Å²) in [6.07, 6.45) is 0. The molecule has 0 aliphatic carbocycles. The van der Waals surface area contributed by atoms with Crippen molar-refractivity contribution in [1.82, 2.24) is 0 Å². The van der Waals surface area contributed by atoms with Crippen LogP contribution in [-0.2, 0) is 10.8 Å². The molecule has 0 N–H and O–H groups in total. The van der Waals surface area contributed by atoms with E-state index in [4.69, 9.17) is 0 Å². The Morgan fingerprint density at radius 2 is 0.708 bits per heavy atom. The fourth-order valence-corrected chi connectivity index (χ4v) is 8.82. The number of fused-ring (bicyclic) bond motifs is 2. The molecule has 0 aliphatic rings. The van der Waals surface area contributed by atoms with Gasteiger partial charge in [-0.1, -0.05) is 133 Å². The van der Waals surface area contributed by atoms with Crippen LogP contribution in [0.25, 0.3) is 86.9 Å². The van der Waals surface area contributed by atoms with Gasteiger partial charge in [-0.05, 0) is 123 Å². The van der Waals surface area contributed by atoms with Gasteiger partial charge in [-0.15, -0.1) is 0 Å². The first-order chi connectivity index (χ1) is 23.7. The van der Waals surface area contributed by atoms with Crippen molar-refractivity contribution in [2.45, 2.75) is 9.79 Å². The quantitative estimate of drug-likeness (QED) is 0.177. The zero-order valence-corrected chi connectivity index (χ0v) is 26.8. The van der Waals surface area contributed by atoms with Gasteiger partial charge in [0, 0.05) is 9.79 Å². The number of hydrogen-bond acceptors (Lipinski definition) is 1. The van der Waals surface area contributed by atoms with Crippen LogP contribution in [-0.4, -0.2) is 4.21 Å². The lowest BCUT2D eigenvalue weighted by molar-refractivity contribution is 0.683. The van der Waals surface area contributed by atoms with Crippen LogP contribution in [0, 0.1) is 0 Å². The summed E-state index contributed by atoms with van der Waals surface area (Å²) in [5, 5.41) is 15.5. The van der Waals surface area contributed by atoms with Crippen molar-refractivity contribution in [3.05, 3.63) is 170 Å². The van der Waals surface area contributed by atoms with Crippen LogP contribution in [0.1, 0.15) is 0 Å². The molecule has 224 valence electrons. The van der Waals surface area contributed by atoms with E-state index < -0.39 is 10.8 Å². The van der Waals surface area contributed by atoms with Crippen LogP contribution >= 0.6 is 0 Å². The molecule has 0 saturated heterocycles. The molecule has 0 amide bonds. The fraction of sp³-hybridized carbons (Fsp3) is 0. The molecule has 0 aromatic heterocycles. The van der Waals surface area contributed by atoms with E-state index in [2.05, 4.69) is 127 Å². The third-order valence-corrected chi connectivity index (χ3v) is 11.4. The highest BCUT2D eigenvalue weighted by Gasteiger charge is 2.16. The zero-order valence-electron chi connectivity index (χ0n) is 26.0. The Labute approximate surface area is 280 Å². The molecule has 0 bridgehead atoms. The molecular formula is C46H28OS. The highest BCUT2D eigenvalue weighted by atomic mass is 32.2. The Kier molecular flexibility index (Phi) is 6.03. The van der Waals surface area contributed by atoms with E-state index in [0.717, 1.165) is 20.9 Å². The van der Waals surface area contributed by atoms with Crippen LogP contribution in [0.5, 0.6) is 0 Å². The van der Waals surface area contributed by atoms with Crippen LogP contribution in [0.4, 0.5) is 0 Å². The van der Waals surface area contributed by atoms with Crippen molar-refractivity contribution in [3.63, 3.8) is 0 Å². The summed E-state index contributed by atoms with van der Waals surface area (Å²) in [5.41, 5.74) is 4.62. The summed E-state index contributed by atoms with van der Waals surface area (Å²) < 4.78 is 13.0. The van der Waals surface area contributed by atoms with Gasteiger partial charge in [0.25, 0.3) is 0 Å². The first kappa shape index (κ1) is 27.3. The Morgan fingerprint density at radius 1 is 0.292 bits per heavy atom. The third kappa shape index (κ3) is 4.13. The molecule has 10 aromatic rings. The van der Waals surface area contributed by atoms with Gasteiger partial charge in [0.05, 0.1) is 10.8 Å². The number of hydrogen-bond donors (Lipinski definition) is 0. The Morgan fingerprint density at radius 3 is 1.25 bits per heavy atom. The summed E-state index contributed by atoms with van der Waals surface area (Å²) in [4.78, 5) is 1.62. The van der Waals surface area contributed by atoms with Crippen molar-refractivity contribution in [1.29, 1.82) is 0 Å². The Hall–Kier alpha value is -5.83. The maximum Gasteiger partial charge on any atom is 0.0849 e. The molecule has 10 rings (SSSR count). The van der Waals surface area contributed by atoms with Crippen molar-refractivity contribution in [3.8, 4) is 22.3 Å². The predicted molar refractivity (Wildman–Crippen MR) is 205 cm³/mol. The standard InChI is InChI=1S/C46H28OS/c47-48(37-10-2-1-3-11-37)38-25-23-30(24-26-38)29-15-17-31(18-16-29)36-27-35-22-21-34-8-5-13-40-39-12-4-7-32-19-20-33-9-6-14-41(45(33)43(32)39)42(28-36)46(35)44(34)40/h1-28H. The van der Waals surface area contributed by atoms with Gasteiger partial charge in [0.2, 0.25) is 0 Å². The van der Waals surface area contributed by atoms with Gasteiger partial charge in [0.1, 0.15) is 0 Å². The third-order valence-electron chi connectivity index (χ3n) is 10.0. The molecule has 2 heteroatoms. The van der Waals surface area contributed by atoms with Crippen LogP contribution in [0.3, 0.4) is 0 Å². The first-order valence-corrected chi connectivity index (χ1v) is 17.5. The summed E-state index contributed by atoms with van der Waals surface area (Å²) in [6, 6.07) is 60.6. The lowest BCUT2D eigenvalue weighted by atomic mass is 9.86. The van der Waals surface area contributed by atoms with E-state index in [1.165, 1.54) is 75.8 Å². The topological polar surface area (TPSA) is 17.1 Å². The van der Waals surface area contributed by atoms with E-state index >= 15 is 0 Å². The number of rotatable bonds is 4. The minimum Gasteiger partial charge on any atom is -0.249 e. The smallest absolute Gasteiger partial charge is 0.0849 e. The molecular weight excluding hydrogens is 601 g/mol. The second-order valence-corrected chi connectivity index (χ2v) is 14.1. The molecule has 0 spiro atoms. The molecule has 1 atom stereocenters. The van der Waals surface area contributed by atoms with Crippen LogP contribution < -0.4 is 0 Å². The van der Waals surface area contributed by atoms with E-state index in [-0.39, 0.29) is 0 Å². The second-order valence-electron chi connectivity index (χ2n) is 12.6. The summed E-state index contributed by atoms with van der Waals surface area (Å²) >= 11 is 0. The Bertz CT molecular complexity index is 2860. The van der Waals surface area contributed by atoms with E-state index in [1.807, 2.05) is 42.5 Å². The monoisotopic (exact) mass is 628 g/mol. The van der Waals surface area contributed by atoms with Crippen LogP contribution in [0.2, 0.25) is 0 Å². The van der Waals surface area contributed by atoms with Gasteiger partial charge >= 0.3 is 0 Å². The molecule has 10 aromatic carbocycles.